The Labute approximate surface area is 235 Å². The molecular formula is C29H29N5O5S. The van der Waals surface area contributed by atoms with Crippen LogP contribution in [0.25, 0.3) is 0 Å². The van der Waals surface area contributed by atoms with Crippen molar-refractivity contribution in [3.05, 3.63) is 101 Å². The van der Waals surface area contributed by atoms with Crippen LogP contribution in [-0.2, 0) is 23.1 Å². The normalized spacial score (nSPS) is 18.8. The van der Waals surface area contributed by atoms with E-state index < -0.39 is 6.29 Å². The number of rotatable bonds is 9. The Morgan fingerprint density at radius 1 is 1.02 bits per heavy atom. The SMILES string of the molecule is CC(=O)c1cccc(NC(=O)c2cccc(C3O[C@H](CSc4nnnn4C)C[C@H](c4ccc(CO)cc4)O3)c2)c1. The molecule has 2 heterocycles. The van der Waals surface area contributed by atoms with Crippen LogP contribution in [0.5, 0.6) is 0 Å². The maximum atomic E-state index is 13.1. The van der Waals surface area contributed by atoms with Gasteiger partial charge in [0.2, 0.25) is 5.16 Å². The number of hydrogen-bond donors (Lipinski definition) is 2. The number of benzene rings is 3. The second-order valence-electron chi connectivity index (χ2n) is 9.46. The number of aliphatic hydroxyl groups is 1. The Morgan fingerprint density at radius 2 is 1.80 bits per heavy atom. The maximum absolute atomic E-state index is 13.1. The highest BCUT2D eigenvalue weighted by Gasteiger charge is 2.33. The number of thioether (sulfide) groups is 1. The first kappa shape index (κ1) is 27.7. The minimum Gasteiger partial charge on any atom is -0.392 e. The van der Waals surface area contributed by atoms with Crippen LogP contribution in [0.15, 0.2) is 78.0 Å². The van der Waals surface area contributed by atoms with Crippen molar-refractivity contribution < 1.29 is 24.2 Å². The van der Waals surface area contributed by atoms with Crippen LogP contribution < -0.4 is 5.32 Å². The summed E-state index contributed by atoms with van der Waals surface area (Å²) in [5.41, 5.74) is 3.99. The summed E-state index contributed by atoms with van der Waals surface area (Å²) in [5, 5.41) is 24.6. The second-order valence-corrected chi connectivity index (χ2v) is 10.4. The minimum absolute atomic E-state index is 0.0313. The van der Waals surface area contributed by atoms with E-state index in [-0.39, 0.29) is 30.5 Å². The Kier molecular flexibility index (Phi) is 8.66. The number of Topliss-reactive ketones (excluding diaryl/α,β-unsaturated/α-hetero) is 1. The lowest BCUT2D eigenvalue weighted by molar-refractivity contribution is -0.245. The molecule has 0 aliphatic carbocycles. The second kappa shape index (κ2) is 12.5. The van der Waals surface area contributed by atoms with Gasteiger partial charge in [-0.05, 0) is 52.7 Å². The molecule has 0 bridgehead atoms. The van der Waals surface area contributed by atoms with Gasteiger partial charge in [0.05, 0.1) is 18.8 Å². The van der Waals surface area contributed by atoms with E-state index in [0.29, 0.717) is 39.7 Å². The predicted octanol–water partition coefficient (Wildman–Crippen LogP) is 4.50. The number of ketones is 1. The molecule has 0 spiro atoms. The maximum Gasteiger partial charge on any atom is 0.255 e. The van der Waals surface area contributed by atoms with Gasteiger partial charge in [0.1, 0.15) is 0 Å². The number of nitrogens with zero attached hydrogens (tertiary/aromatic N) is 4. The fourth-order valence-electron chi connectivity index (χ4n) is 4.38. The van der Waals surface area contributed by atoms with Gasteiger partial charge in [0, 0.05) is 41.6 Å². The zero-order valence-corrected chi connectivity index (χ0v) is 22.9. The summed E-state index contributed by atoms with van der Waals surface area (Å²) in [7, 11) is 1.79. The van der Waals surface area contributed by atoms with Crippen LogP contribution in [0.2, 0.25) is 0 Å². The Hall–Kier alpha value is -3.90. The van der Waals surface area contributed by atoms with Crippen LogP contribution in [0.1, 0.15) is 63.1 Å². The molecule has 0 saturated carbocycles. The van der Waals surface area contributed by atoms with Gasteiger partial charge in [0.15, 0.2) is 12.1 Å². The van der Waals surface area contributed by atoms with Gasteiger partial charge in [-0.1, -0.05) is 60.3 Å². The highest BCUT2D eigenvalue weighted by atomic mass is 32.2. The molecule has 40 heavy (non-hydrogen) atoms. The standard InChI is InChI=1S/C29H29N5O5S/c1-18(36)21-5-4-8-24(14-21)30-27(37)22-6-3-7-23(13-22)28-38-25(17-40-29-31-32-33-34(29)2)15-26(39-28)20-11-9-19(16-35)10-12-20/h3-14,25-26,28,35H,15-17H2,1-2H3,(H,30,37)/t25-,26+,28?/m0/s1. The zero-order valence-electron chi connectivity index (χ0n) is 22.1. The average Bonchev–Trinajstić information content (AvgIpc) is 3.40. The summed E-state index contributed by atoms with van der Waals surface area (Å²) in [5.74, 6) is 0.219. The Morgan fingerprint density at radius 3 is 2.52 bits per heavy atom. The van der Waals surface area contributed by atoms with Crippen LogP contribution in [0.3, 0.4) is 0 Å². The molecule has 1 amide bonds. The van der Waals surface area contributed by atoms with E-state index in [4.69, 9.17) is 9.47 Å². The molecule has 1 saturated heterocycles. The highest BCUT2D eigenvalue weighted by Crippen LogP contribution is 2.39. The number of anilines is 1. The molecule has 3 atom stereocenters. The number of aryl methyl sites for hydroxylation is 1. The molecule has 4 aromatic rings. The van der Waals surface area contributed by atoms with Crippen molar-refractivity contribution in [2.75, 3.05) is 11.1 Å². The zero-order chi connectivity index (χ0) is 28.1. The molecule has 11 heteroatoms. The average molecular weight is 560 g/mol. The molecule has 10 nitrogen and oxygen atoms in total. The van der Waals surface area contributed by atoms with Crippen molar-refractivity contribution in [1.82, 2.24) is 20.2 Å². The Bertz CT molecular complexity index is 1490. The number of carbonyl (C=O) groups excluding carboxylic acids is 2. The lowest BCUT2D eigenvalue weighted by Gasteiger charge is -2.36. The number of ether oxygens (including phenoxy) is 2. The van der Waals surface area contributed by atoms with Gasteiger partial charge >= 0.3 is 0 Å². The smallest absolute Gasteiger partial charge is 0.255 e. The lowest BCUT2D eigenvalue weighted by Crippen LogP contribution is -2.31. The summed E-state index contributed by atoms with van der Waals surface area (Å²) in [6, 6.07) is 21.6. The van der Waals surface area contributed by atoms with Crippen LogP contribution in [0, 0.1) is 0 Å². The monoisotopic (exact) mass is 559 g/mol. The molecule has 1 unspecified atom stereocenters. The largest absolute Gasteiger partial charge is 0.392 e. The van der Waals surface area contributed by atoms with Gasteiger partial charge in [-0.3, -0.25) is 9.59 Å². The molecular weight excluding hydrogens is 530 g/mol. The molecule has 3 aromatic carbocycles. The third-order valence-corrected chi connectivity index (χ3v) is 7.69. The fourth-order valence-corrected chi connectivity index (χ4v) is 5.25. The number of aliphatic hydroxyl groups excluding tert-OH is 1. The summed E-state index contributed by atoms with van der Waals surface area (Å²) in [6.07, 6.45) is -0.551. The number of hydrogen-bond acceptors (Lipinski definition) is 9. The first-order valence-electron chi connectivity index (χ1n) is 12.8. The van der Waals surface area contributed by atoms with E-state index in [1.807, 2.05) is 30.3 Å². The molecule has 1 aromatic heterocycles. The predicted molar refractivity (Wildman–Crippen MR) is 149 cm³/mol. The van der Waals surface area contributed by atoms with Gasteiger partial charge in [-0.2, -0.15) is 0 Å². The van der Waals surface area contributed by atoms with E-state index >= 15 is 0 Å². The molecule has 5 rings (SSSR count). The number of carbonyl (C=O) groups is 2. The summed E-state index contributed by atoms with van der Waals surface area (Å²) in [4.78, 5) is 24.8. The van der Waals surface area contributed by atoms with Gasteiger partial charge in [-0.15, -0.1) is 5.10 Å². The Balaban J connectivity index is 1.36. The van der Waals surface area contributed by atoms with Crippen LogP contribution >= 0.6 is 11.8 Å². The van der Waals surface area contributed by atoms with Crippen molar-refractivity contribution in [2.45, 2.75) is 43.6 Å². The van der Waals surface area contributed by atoms with Crippen molar-refractivity contribution in [3.8, 4) is 0 Å². The third kappa shape index (κ3) is 6.62. The van der Waals surface area contributed by atoms with Gasteiger partial charge < -0.3 is 19.9 Å². The van der Waals surface area contributed by atoms with Crippen LogP contribution in [0.4, 0.5) is 5.69 Å². The van der Waals surface area contributed by atoms with Crippen molar-refractivity contribution in [1.29, 1.82) is 0 Å². The first-order valence-corrected chi connectivity index (χ1v) is 13.8. The van der Waals surface area contributed by atoms with Gasteiger partial charge in [-0.25, -0.2) is 4.68 Å². The third-order valence-electron chi connectivity index (χ3n) is 6.54. The summed E-state index contributed by atoms with van der Waals surface area (Å²) >= 11 is 1.50. The van der Waals surface area contributed by atoms with E-state index in [9.17, 15) is 14.7 Å². The fraction of sp³-hybridized carbons (Fsp3) is 0.276. The quantitative estimate of drug-likeness (QED) is 0.225. The van der Waals surface area contributed by atoms with Crippen molar-refractivity contribution >= 4 is 29.1 Å². The van der Waals surface area contributed by atoms with Crippen molar-refractivity contribution in [3.63, 3.8) is 0 Å². The van der Waals surface area contributed by atoms with E-state index in [1.54, 1.807) is 54.2 Å². The number of nitrogens with one attached hydrogen (secondary N) is 1. The number of aromatic nitrogens is 4. The topological polar surface area (TPSA) is 128 Å². The molecule has 1 aliphatic heterocycles. The molecule has 206 valence electrons. The molecule has 2 N–H and O–H groups in total. The lowest BCUT2D eigenvalue weighted by atomic mass is 10.0. The van der Waals surface area contributed by atoms with E-state index in [0.717, 1.165) is 11.1 Å². The summed E-state index contributed by atoms with van der Waals surface area (Å²) in [6.45, 7) is 1.45. The minimum atomic E-state index is -0.715. The first-order chi connectivity index (χ1) is 19.4. The van der Waals surface area contributed by atoms with E-state index in [1.165, 1.54) is 18.7 Å². The molecule has 0 radical (unpaired) electrons. The van der Waals surface area contributed by atoms with Crippen molar-refractivity contribution in [2.24, 2.45) is 7.05 Å². The van der Waals surface area contributed by atoms with E-state index in [2.05, 4.69) is 20.8 Å². The molecule has 1 aliphatic rings. The van der Waals surface area contributed by atoms with Gasteiger partial charge in [0.25, 0.3) is 5.91 Å². The summed E-state index contributed by atoms with van der Waals surface area (Å²) < 4.78 is 14.4. The highest BCUT2D eigenvalue weighted by molar-refractivity contribution is 7.99. The van der Waals surface area contributed by atoms with Crippen LogP contribution in [-0.4, -0.2) is 48.9 Å². The number of amides is 1. The molecule has 1 fully saturated rings. The number of tetrazole rings is 1.